The first-order valence-corrected chi connectivity index (χ1v) is 4.04. The van der Waals surface area contributed by atoms with E-state index in [2.05, 4.69) is 0 Å². The van der Waals surface area contributed by atoms with Crippen molar-refractivity contribution in [3.05, 3.63) is 24.0 Å². The molecular formula is C10H11NO2. The minimum absolute atomic E-state index is 0.677. The van der Waals surface area contributed by atoms with Crippen molar-refractivity contribution in [1.29, 1.82) is 0 Å². The quantitative estimate of drug-likeness (QED) is 0.680. The van der Waals surface area contributed by atoms with Crippen LogP contribution in [-0.4, -0.2) is 7.11 Å². The van der Waals surface area contributed by atoms with E-state index in [1.807, 2.05) is 19.1 Å². The Hall–Kier alpha value is -1.64. The number of hydrogen-bond acceptors (Lipinski definition) is 3. The number of nitrogen functional groups attached to an aromatic ring is 1. The number of benzene rings is 1. The highest BCUT2D eigenvalue weighted by Crippen LogP contribution is 2.34. The normalized spacial score (nSPS) is 10.6. The van der Waals surface area contributed by atoms with E-state index in [9.17, 15) is 0 Å². The van der Waals surface area contributed by atoms with Crippen LogP contribution in [0.5, 0.6) is 5.75 Å². The Bertz CT molecular complexity index is 445. The lowest BCUT2D eigenvalue weighted by Gasteiger charge is -2.07. The number of nitrogens with two attached hydrogens (primary N) is 1. The molecule has 0 saturated heterocycles. The Kier molecular flexibility index (Phi) is 1.65. The van der Waals surface area contributed by atoms with E-state index in [4.69, 9.17) is 14.9 Å². The summed E-state index contributed by atoms with van der Waals surface area (Å²) in [5.41, 5.74) is 8.31. The van der Waals surface area contributed by atoms with Crippen molar-refractivity contribution >= 4 is 16.7 Å². The van der Waals surface area contributed by atoms with Gasteiger partial charge in [-0.3, -0.25) is 0 Å². The second-order valence-electron chi connectivity index (χ2n) is 2.97. The Morgan fingerprint density at radius 3 is 2.92 bits per heavy atom. The van der Waals surface area contributed by atoms with Gasteiger partial charge in [0.1, 0.15) is 5.58 Å². The van der Waals surface area contributed by atoms with Crippen LogP contribution in [0.25, 0.3) is 11.0 Å². The minimum Gasteiger partial charge on any atom is -0.494 e. The van der Waals surface area contributed by atoms with Crippen LogP contribution < -0.4 is 10.5 Å². The van der Waals surface area contributed by atoms with Gasteiger partial charge in [0.15, 0.2) is 5.75 Å². The Morgan fingerprint density at radius 2 is 2.23 bits per heavy atom. The maximum absolute atomic E-state index is 5.85. The second-order valence-corrected chi connectivity index (χ2v) is 2.97. The van der Waals surface area contributed by atoms with Crippen LogP contribution in [0.3, 0.4) is 0 Å². The van der Waals surface area contributed by atoms with Gasteiger partial charge in [0.05, 0.1) is 24.4 Å². The smallest absolute Gasteiger partial charge is 0.153 e. The van der Waals surface area contributed by atoms with E-state index < -0.39 is 0 Å². The topological polar surface area (TPSA) is 48.4 Å². The van der Waals surface area contributed by atoms with Crippen molar-refractivity contribution in [2.45, 2.75) is 6.92 Å². The van der Waals surface area contributed by atoms with Crippen molar-refractivity contribution in [2.24, 2.45) is 0 Å². The predicted octanol–water partition coefficient (Wildman–Crippen LogP) is 2.33. The van der Waals surface area contributed by atoms with Crippen LogP contribution in [0, 0.1) is 6.92 Å². The molecular weight excluding hydrogens is 166 g/mol. The lowest BCUT2D eigenvalue weighted by atomic mass is 10.1. The van der Waals surface area contributed by atoms with Gasteiger partial charge in [0.2, 0.25) is 0 Å². The van der Waals surface area contributed by atoms with Crippen LogP contribution in [0.4, 0.5) is 5.69 Å². The third-order valence-corrected chi connectivity index (χ3v) is 2.16. The molecule has 0 fully saturated rings. The summed E-state index contributed by atoms with van der Waals surface area (Å²) in [4.78, 5) is 0. The van der Waals surface area contributed by atoms with Gasteiger partial charge < -0.3 is 14.9 Å². The number of ether oxygens (including phenoxy) is 1. The van der Waals surface area contributed by atoms with E-state index in [1.165, 1.54) is 0 Å². The Morgan fingerprint density at radius 1 is 1.46 bits per heavy atom. The molecule has 0 aliphatic heterocycles. The molecule has 1 aromatic carbocycles. The molecule has 68 valence electrons. The maximum atomic E-state index is 5.85. The molecule has 0 unspecified atom stereocenters. The zero-order chi connectivity index (χ0) is 9.42. The summed E-state index contributed by atoms with van der Waals surface area (Å²) in [5, 5.41) is 0.922. The highest BCUT2D eigenvalue weighted by atomic mass is 16.5. The summed E-state index contributed by atoms with van der Waals surface area (Å²) in [7, 11) is 1.61. The molecule has 0 atom stereocenters. The average Bonchev–Trinajstić information content (AvgIpc) is 2.54. The summed E-state index contributed by atoms with van der Waals surface area (Å²) in [6, 6.07) is 3.76. The second kappa shape index (κ2) is 2.69. The van der Waals surface area contributed by atoms with Gasteiger partial charge in [-0.05, 0) is 24.6 Å². The fourth-order valence-electron chi connectivity index (χ4n) is 1.44. The first-order valence-electron chi connectivity index (χ1n) is 4.04. The summed E-state index contributed by atoms with van der Waals surface area (Å²) in [5.74, 6) is 0.698. The van der Waals surface area contributed by atoms with Crippen LogP contribution in [0.15, 0.2) is 22.8 Å². The highest BCUT2D eigenvalue weighted by molar-refractivity contribution is 5.91. The lowest BCUT2D eigenvalue weighted by molar-refractivity contribution is 0.421. The van der Waals surface area contributed by atoms with Gasteiger partial charge in [-0.25, -0.2) is 0 Å². The van der Waals surface area contributed by atoms with Crippen molar-refractivity contribution < 1.29 is 9.15 Å². The number of furan rings is 1. The van der Waals surface area contributed by atoms with Gasteiger partial charge in [0, 0.05) is 0 Å². The molecule has 3 nitrogen and oxygen atoms in total. The van der Waals surface area contributed by atoms with E-state index in [0.29, 0.717) is 11.4 Å². The lowest BCUT2D eigenvalue weighted by Crippen LogP contribution is -1.95. The molecule has 0 saturated carbocycles. The summed E-state index contributed by atoms with van der Waals surface area (Å²) in [6.07, 6.45) is 1.63. The molecule has 0 amide bonds. The SMILES string of the molecule is COc1c(N)c(C)cc2occc12. The van der Waals surface area contributed by atoms with Gasteiger partial charge in [-0.2, -0.15) is 0 Å². The number of methoxy groups -OCH3 is 1. The molecule has 13 heavy (non-hydrogen) atoms. The van der Waals surface area contributed by atoms with Gasteiger partial charge in [-0.15, -0.1) is 0 Å². The standard InChI is InChI=1S/C10H11NO2/c1-6-5-8-7(3-4-13-8)10(12-2)9(6)11/h3-5H,11H2,1-2H3. The van der Waals surface area contributed by atoms with E-state index >= 15 is 0 Å². The molecule has 2 aromatic rings. The van der Waals surface area contributed by atoms with Crippen molar-refractivity contribution in [1.82, 2.24) is 0 Å². The molecule has 2 rings (SSSR count). The first-order chi connectivity index (χ1) is 6.24. The van der Waals surface area contributed by atoms with E-state index in [0.717, 1.165) is 16.5 Å². The fraction of sp³-hybridized carbons (Fsp3) is 0.200. The monoisotopic (exact) mass is 177 g/mol. The molecule has 0 aliphatic carbocycles. The molecule has 3 heteroatoms. The minimum atomic E-state index is 0.677. The van der Waals surface area contributed by atoms with Crippen LogP contribution in [0.2, 0.25) is 0 Å². The Balaban J connectivity index is 2.87. The average molecular weight is 177 g/mol. The van der Waals surface area contributed by atoms with Crippen LogP contribution >= 0.6 is 0 Å². The van der Waals surface area contributed by atoms with Crippen molar-refractivity contribution in [2.75, 3.05) is 12.8 Å². The van der Waals surface area contributed by atoms with E-state index in [1.54, 1.807) is 13.4 Å². The largest absolute Gasteiger partial charge is 0.494 e. The molecule has 1 aromatic heterocycles. The molecule has 0 aliphatic rings. The van der Waals surface area contributed by atoms with Crippen molar-refractivity contribution in [3.8, 4) is 5.75 Å². The zero-order valence-corrected chi connectivity index (χ0v) is 7.63. The van der Waals surface area contributed by atoms with Gasteiger partial charge in [0.25, 0.3) is 0 Å². The predicted molar refractivity (Wildman–Crippen MR) is 51.9 cm³/mol. The molecule has 2 N–H and O–H groups in total. The fourth-order valence-corrected chi connectivity index (χ4v) is 1.44. The van der Waals surface area contributed by atoms with Crippen molar-refractivity contribution in [3.63, 3.8) is 0 Å². The zero-order valence-electron chi connectivity index (χ0n) is 7.63. The molecule has 1 heterocycles. The molecule has 0 spiro atoms. The van der Waals surface area contributed by atoms with Gasteiger partial charge >= 0.3 is 0 Å². The number of aryl methyl sites for hydroxylation is 1. The first kappa shape index (κ1) is 7.98. The maximum Gasteiger partial charge on any atom is 0.153 e. The number of hydrogen-bond donors (Lipinski definition) is 1. The summed E-state index contributed by atoms with van der Waals surface area (Å²) < 4.78 is 10.5. The van der Waals surface area contributed by atoms with Crippen LogP contribution in [0.1, 0.15) is 5.56 Å². The number of rotatable bonds is 1. The van der Waals surface area contributed by atoms with E-state index in [-0.39, 0.29) is 0 Å². The molecule has 0 radical (unpaired) electrons. The highest BCUT2D eigenvalue weighted by Gasteiger charge is 2.10. The third kappa shape index (κ3) is 1.04. The Labute approximate surface area is 76.1 Å². The number of fused-ring (bicyclic) bond motifs is 1. The number of anilines is 1. The van der Waals surface area contributed by atoms with Crippen LogP contribution in [-0.2, 0) is 0 Å². The summed E-state index contributed by atoms with van der Waals surface area (Å²) in [6.45, 7) is 1.93. The summed E-state index contributed by atoms with van der Waals surface area (Å²) >= 11 is 0. The van der Waals surface area contributed by atoms with Gasteiger partial charge in [-0.1, -0.05) is 0 Å². The molecule has 0 bridgehead atoms. The third-order valence-electron chi connectivity index (χ3n) is 2.16.